The number of hydrogen-bond donors (Lipinski definition) is 0. The maximum Gasteiger partial charge on any atom is 0.225 e. The molecule has 0 aliphatic carbocycles. The number of fused-ring (bicyclic) bond motifs is 1. The lowest BCUT2D eigenvalue weighted by atomic mass is 10.1. The number of nitrogens with zero attached hydrogens (tertiary/aromatic N) is 4. The Labute approximate surface area is 132 Å². The van der Waals surface area contributed by atoms with Crippen molar-refractivity contribution in [3.05, 3.63) is 17.0 Å². The summed E-state index contributed by atoms with van der Waals surface area (Å²) in [7, 11) is 0. The summed E-state index contributed by atoms with van der Waals surface area (Å²) in [5.74, 6) is 0.964. The van der Waals surface area contributed by atoms with Gasteiger partial charge in [0.05, 0.1) is 12.3 Å². The fourth-order valence-corrected chi connectivity index (χ4v) is 4.02. The second-order valence-corrected chi connectivity index (χ2v) is 6.78. The van der Waals surface area contributed by atoms with E-state index in [0.29, 0.717) is 6.04 Å². The van der Waals surface area contributed by atoms with E-state index < -0.39 is 0 Å². The summed E-state index contributed by atoms with van der Waals surface area (Å²) in [6.45, 7) is 8.44. The second kappa shape index (κ2) is 6.13. The number of hydrogen-bond acceptors (Lipinski definition) is 5. The average molecular weight is 302 g/mol. The first-order valence-corrected chi connectivity index (χ1v) is 8.74. The largest absolute Gasteiger partial charge is 0.380 e. The van der Waals surface area contributed by atoms with Crippen molar-refractivity contribution >= 4 is 5.95 Å². The van der Waals surface area contributed by atoms with E-state index in [1.165, 1.54) is 36.2 Å². The molecule has 0 saturated carbocycles. The quantitative estimate of drug-likeness (QED) is 0.829. The minimum absolute atomic E-state index is 0.612. The zero-order chi connectivity index (χ0) is 14.9. The third-order valence-electron chi connectivity index (χ3n) is 5.38. The predicted octanol–water partition coefficient (Wildman–Crippen LogP) is 1.57. The molecule has 0 radical (unpaired) electrons. The molecule has 1 aromatic rings. The lowest BCUT2D eigenvalue weighted by Gasteiger charge is -2.25. The summed E-state index contributed by atoms with van der Waals surface area (Å²) in [6.07, 6.45) is 5.86. The van der Waals surface area contributed by atoms with Crippen molar-refractivity contribution in [3.8, 4) is 0 Å². The highest BCUT2D eigenvalue weighted by molar-refractivity contribution is 5.38. The molecule has 2 saturated heterocycles. The van der Waals surface area contributed by atoms with Crippen LogP contribution in [0, 0.1) is 6.92 Å². The van der Waals surface area contributed by atoms with Gasteiger partial charge in [-0.2, -0.15) is 0 Å². The molecule has 4 heterocycles. The van der Waals surface area contributed by atoms with Crippen molar-refractivity contribution in [3.63, 3.8) is 0 Å². The normalized spacial score (nSPS) is 26.2. The van der Waals surface area contributed by atoms with E-state index in [1.807, 2.05) is 0 Å². The molecule has 0 bridgehead atoms. The number of rotatable bonds is 2. The Morgan fingerprint density at radius 2 is 1.86 bits per heavy atom. The van der Waals surface area contributed by atoms with Crippen LogP contribution in [-0.4, -0.2) is 60.3 Å². The van der Waals surface area contributed by atoms with E-state index >= 15 is 0 Å². The maximum atomic E-state index is 5.56. The highest BCUT2D eigenvalue weighted by atomic mass is 16.5. The van der Waals surface area contributed by atoms with E-state index in [2.05, 4.69) is 16.7 Å². The lowest BCUT2D eigenvalue weighted by Crippen LogP contribution is -2.37. The van der Waals surface area contributed by atoms with Gasteiger partial charge < -0.3 is 9.64 Å². The molecule has 22 heavy (non-hydrogen) atoms. The average Bonchev–Trinajstić information content (AvgIpc) is 3.19. The van der Waals surface area contributed by atoms with Crippen molar-refractivity contribution < 1.29 is 4.74 Å². The fraction of sp³-hybridized carbons (Fsp3) is 0.765. The van der Waals surface area contributed by atoms with Crippen LogP contribution < -0.4 is 4.90 Å². The molecule has 0 amide bonds. The van der Waals surface area contributed by atoms with E-state index in [-0.39, 0.29) is 0 Å². The molecule has 5 heteroatoms. The molecule has 1 aromatic heterocycles. The van der Waals surface area contributed by atoms with Gasteiger partial charge in [0.1, 0.15) is 0 Å². The summed E-state index contributed by atoms with van der Waals surface area (Å²) in [6, 6.07) is 0.612. The van der Waals surface area contributed by atoms with Gasteiger partial charge in [-0.3, -0.25) is 4.90 Å². The Morgan fingerprint density at radius 1 is 1.05 bits per heavy atom. The first-order valence-electron chi connectivity index (χ1n) is 8.74. The van der Waals surface area contributed by atoms with Gasteiger partial charge in [0.2, 0.25) is 5.95 Å². The monoisotopic (exact) mass is 302 g/mol. The van der Waals surface area contributed by atoms with Gasteiger partial charge in [-0.15, -0.1) is 0 Å². The lowest BCUT2D eigenvalue weighted by molar-refractivity contribution is 0.147. The van der Waals surface area contributed by atoms with Crippen molar-refractivity contribution in [2.45, 2.75) is 45.1 Å². The van der Waals surface area contributed by atoms with Crippen molar-refractivity contribution in [2.75, 3.05) is 44.3 Å². The first-order chi connectivity index (χ1) is 10.8. The van der Waals surface area contributed by atoms with E-state index in [1.54, 1.807) is 0 Å². The zero-order valence-electron chi connectivity index (χ0n) is 13.6. The minimum Gasteiger partial charge on any atom is -0.380 e. The first kappa shape index (κ1) is 14.4. The molecule has 1 atom stereocenters. The summed E-state index contributed by atoms with van der Waals surface area (Å²) in [5, 5.41) is 0. The molecular weight excluding hydrogens is 276 g/mol. The van der Waals surface area contributed by atoms with Gasteiger partial charge in [0.15, 0.2) is 0 Å². The Morgan fingerprint density at radius 3 is 2.64 bits per heavy atom. The number of anilines is 1. The van der Waals surface area contributed by atoms with E-state index in [4.69, 9.17) is 14.7 Å². The molecule has 3 aliphatic rings. The van der Waals surface area contributed by atoms with Crippen LogP contribution in [-0.2, 0) is 17.6 Å². The summed E-state index contributed by atoms with van der Waals surface area (Å²) >= 11 is 0. The van der Waals surface area contributed by atoms with Gasteiger partial charge in [-0.1, -0.05) is 0 Å². The minimum atomic E-state index is 0.612. The Kier molecular flexibility index (Phi) is 4.01. The highest BCUT2D eigenvalue weighted by Gasteiger charge is 2.27. The van der Waals surface area contributed by atoms with Crippen LogP contribution in [0.5, 0.6) is 0 Å². The molecule has 3 aliphatic heterocycles. The fourth-order valence-electron chi connectivity index (χ4n) is 4.02. The third-order valence-corrected chi connectivity index (χ3v) is 5.38. The van der Waals surface area contributed by atoms with Crippen LogP contribution >= 0.6 is 0 Å². The van der Waals surface area contributed by atoms with Crippen LogP contribution in [0.1, 0.15) is 36.2 Å². The highest BCUT2D eigenvalue weighted by Crippen LogP contribution is 2.24. The smallest absolute Gasteiger partial charge is 0.225 e. The van der Waals surface area contributed by atoms with E-state index in [9.17, 15) is 0 Å². The molecule has 1 unspecified atom stereocenters. The maximum absolute atomic E-state index is 5.56. The van der Waals surface area contributed by atoms with Gasteiger partial charge in [0, 0.05) is 50.9 Å². The topological polar surface area (TPSA) is 41.5 Å². The molecule has 5 nitrogen and oxygen atoms in total. The van der Waals surface area contributed by atoms with Crippen LogP contribution in [0.4, 0.5) is 5.95 Å². The number of ether oxygens (including phenoxy) is 1. The summed E-state index contributed by atoms with van der Waals surface area (Å²) in [4.78, 5) is 14.7. The molecule has 2 fully saturated rings. The predicted molar refractivity (Wildman–Crippen MR) is 86.4 cm³/mol. The Balaban J connectivity index is 1.55. The van der Waals surface area contributed by atoms with Crippen LogP contribution in [0.15, 0.2) is 0 Å². The van der Waals surface area contributed by atoms with Crippen LogP contribution in [0.2, 0.25) is 0 Å². The molecule has 0 spiro atoms. The summed E-state index contributed by atoms with van der Waals surface area (Å²) < 4.78 is 5.56. The molecule has 120 valence electrons. The summed E-state index contributed by atoms with van der Waals surface area (Å²) in [5.41, 5.74) is 3.87. The molecular formula is C17H26N4O. The van der Waals surface area contributed by atoms with E-state index in [0.717, 1.165) is 58.2 Å². The van der Waals surface area contributed by atoms with Gasteiger partial charge in [-0.25, -0.2) is 9.97 Å². The van der Waals surface area contributed by atoms with Gasteiger partial charge >= 0.3 is 0 Å². The number of aryl methyl sites for hydroxylation is 1. The standard InChI is InChI=1S/C17H26N4O/c1-13-15-4-9-20(14-6-11-22-12-14)10-5-16(15)19-17(18-13)21-7-2-3-8-21/h14H,2-12H2,1H3. The van der Waals surface area contributed by atoms with Crippen molar-refractivity contribution in [1.29, 1.82) is 0 Å². The van der Waals surface area contributed by atoms with Gasteiger partial charge in [0.25, 0.3) is 0 Å². The Hall–Kier alpha value is -1.20. The van der Waals surface area contributed by atoms with Gasteiger partial charge in [-0.05, 0) is 38.2 Å². The molecule has 0 N–H and O–H groups in total. The second-order valence-electron chi connectivity index (χ2n) is 6.78. The molecule has 0 aromatic carbocycles. The van der Waals surface area contributed by atoms with Crippen LogP contribution in [0.25, 0.3) is 0 Å². The Bertz CT molecular complexity index is 536. The third kappa shape index (κ3) is 2.72. The zero-order valence-corrected chi connectivity index (χ0v) is 13.6. The SMILES string of the molecule is Cc1nc(N2CCCC2)nc2c1CCN(C1CCOC1)CC2. The van der Waals surface area contributed by atoms with Crippen molar-refractivity contribution in [2.24, 2.45) is 0 Å². The molecule has 4 rings (SSSR count). The van der Waals surface area contributed by atoms with Crippen LogP contribution in [0.3, 0.4) is 0 Å². The number of aromatic nitrogens is 2. The van der Waals surface area contributed by atoms with Crippen molar-refractivity contribution in [1.82, 2.24) is 14.9 Å².